The monoisotopic (exact) mass is 1510 g/mol. The van der Waals surface area contributed by atoms with Crippen molar-refractivity contribution in [2.45, 2.75) is 70.7 Å². The molecule has 0 aliphatic heterocycles. The van der Waals surface area contributed by atoms with Crippen LogP contribution in [0.1, 0.15) is 67.0 Å². The van der Waals surface area contributed by atoms with Gasteiger partial charge in [-0.1, -0.05) is 162 Å². The SMILES string of the molecule is C.C.C.COc1ccc(-c2nc(C)c(-c3ccc(F)cc3)s2)cc1.Cc1cc(-c2cccc(C#N)c2)ccc1-n1nccn1.Cc1cc(-c2cccnc2)ccc1-c1ccccc1.Cc1cc(F)ccc1-c1ncccn1.Cc1ccc(-c2ncccn2)c(C)c1F.Cc1nc(-c2ccccc2)sc1-c1ccc(F)cc1. The first kappa shape index (κ1) is 83.6. The van der Waals surface area contributed by atoms with Crippen LogP contribution in [0.2, 0.25) is 0 Å². The molecule has 0 saturated carbocycles. The van der Waals surface area contributed by atoms with E-state index in [1.54, 1.807) is 146 Å². The Balaban J connectivity index is 0.000000167. The van der Waals surface area contributed by atoms with Gasteiger partial charge in [-0.15, -0.1) is 22.7 Å². The lowest BCUT2D eigenvalue weighted by Crippen LogP contribution is -2.00. The molecule has 18 heteroatoms. The van der Waals surface area contributed by atoms with Gasteiger partial charge in [-0.25, -0.2) is 47.5 Å². The summed E-state index contributed by atoms with van der Waals surface area (Å²) in [7, 11) is 1.65. The van der Waals surface area contributed by atoms with Crippen molar-refractivity contribution in [3.8, 4) is 116 Å². The van der Waals surface area contributed by atoms with Crippen molar-refractivity contribution in [2.75, 3.05) is 7.11 Å². The number of thiazole rings is 2. The second kappa shape index (κ2) is 40.8. The number of ether oxygens (including phenoxy) is 1. The molecule has 0 atom stereocenters. The maximum absolute atomic E-state index is 13.6. The number of aromatic nitrogens is 10. The van der Waals surface area contributed by atoms with Crippen LogP contribution in [-0.2, 0) is 0 Å². The molecule has 6 aromatic heterocycles. The summed E-state index contributed by atoms with van der Waals surface area (Å²) in [5, 5.41) is 19.2. The Morgan fingerprint density at radius 3 is 1.34 bits per heavy atom. The van der Waals surface area contributed by atoms with Gasteiger partial charge in [0.2, 0.25) is 0 Å². The summed E-state index contributed by atoms with van der Waals surface area (Å²) in [5.74, 6) is 1.16. The second-order valence-electron chi connectivity index (χ2n) is 24.6. The summed E-state index contributed by atoms with van der Waals surface area (Å²) in [5.41, 5.74) is 20.8. The number of nitriles is 1. The van der Waals surface area contributed by atoms with Crippen LogP contribution < -0.4 is 4.74 Å². The normalized spacial score (nSPS) is 10.1. The lowest BCUT2D eigenvalue weighted by Gasteiger charge is -2.09. The first-order valence-electron chi connectivity index (χ1n) is 34.3. The minimum Gasteiger partial charge on any atom is -0.497 e. The molecule has 0 aliphatic carbocycles. The van der Waals surface area contributed by atoms with E-state index < -0.39 is 0 Å². The van der Waals surface area contributed by atoms with Crippen molar-refractivity contribution in [1.82, 2.24) is 49.9 Å². The minimum absolute atomic E-state index is 0. The fourth-order valence-electron chi connectivity index (χ4n) is 11.4. The molecule has 0 N–H and O–H groups in total. The van der Waals surface area contributed by atoms with Crippen molar-refractivity contribution in [1.29, 1.82) is 5.26 Å². The molecule has 0 saturated heterocycles. The number of nitrogens with zero attached hydrogens (tertiary/aromatic N) is 11. The van der Waals surface area contributed by atoms with Crippen LogP contribution in [0.5, 0.6) is 5.75 Å². The minimum atomic E-state index is -0.234. The Bertz CT molecular complexity index is 5620. The molecule has 12 nitrogen and oxygen atoms in total. The molecule has 10 aromatic carbocycles. The van der Waals surface area contributed by atoms with Crippen molar-refractivity contribution < 1.29 is 22.3 Å². The predicted octanol–water partition coefficient (Wildman–Crippen LogP) is 25.1. The first-order valence-corrected chi connectivity index (χ1v) is 35.9. The third-order valence-corrected chi connectivity index (χ3v) is 19.5. The number of rotatable bonds is 11. The maximum Gasteiger partial charge on any atom is 0.159 e. The van der Waals surface area contributed by atoms with E-state index in [0.717, 1.165) is 104 Å². The lowest BCUT2D eigenvalue weighted by atomic mass is 9.96. The van der Waals surface area contributed by atoms with Crippen LogP contribution in [0.15, 0.2) is 298 Å². The molecule has 0 spiro atoms. The second-order valence-corrected chi connectivity index (χ2v) is 26.6. The van der Waals surface area contributed by atoms with Gasteiger partial charge in [0.15, 0.2) is 11.6 Å². The lowest BCUT2D eigenvalue weighted by molar-refractivity contribution is 0.415. The third-order valence-electron chi connectivity index (χ3n) is 17.0. The summed E-state index contributed by atoms with van der Waals surface area (Å²) in [6, 6.07) is 79.6. The number of benzene rings is 10. The molecule has 0 fully saturated rings. The Morgan fingerprint density at radius 1 is 0.369 bits per heavy atom. The largest absolute Gasteiger partial charge is 0.497 e. The molecule has 558 valence electrons. The Labute approximate surface area is 655 Å². The number of hydrogen-bond donors (Lipinski definition) is 0. The van der Waals surface area contributed by atoms with E-state index in [0.29, 0.717) is 28.3 Å². The third kappa shape index (κ3) is 22.3. The van der Waals surface area contributed by atoms with E-state index in [2.05, 4.69) is 113 Å². The molecular formula is C93H85F4N11OS2. The van der Waals surface area contributed by atoms with E-state index in [-0.39, 0.29) is 45.5 Å². The molecule has 16 aromatic rings. The average molecular weight is 1510 g/mol. The zero-order valence-electron chi connectivity index (χ0n) is 60.4. The van der Waals surface area contributed by atoms with Gasteiger partial charge < -0.3 is 4.74 Å². The number of hydrogen-bond acceptors (Lipinski definition) is 13. The van der Waals surface area contributed by atoms with Crippen LogP contribution in [-0.4, -0.2) is 57.0 Å². The molecule has 0 amide bonds. The Kier molecular flexibility index (Phi) is 30.7. The zero-order chi connectivity index (χ0) is 75.9. The highest BCUT2D eigenvalue weighted by molar-refractivity contribution is 7.19. The van der Waals surface area contributed by atoms with Crippen LogP contribution in [0, 0.1) is 83.1 Å². The fourth-order valence-corrected chi connectivity index (χ4v) is 13.5. The van der Waals surface area contributed by atoms with Gasteiger partial charge >= 0.3 is 0 Å². The number of aryl methyl sites for hydroxylation is 6. The van der Waals surface area contributed by atoms with Crippen molar-refractivity contribution in [2.24, 2.45) is 0 Å². The van der Waals surface area contributed by atoms with Crippen LogP contribution >= 0.6 is 22.7 Å². The van der Waals surface area contributed by atoms with E-state index in [1.807, 2.05) is 137 Å². The summed E-state index contributed by atoms with van der Waals surface area (Å²) in [6.45, 7) is 13.5. The zero-order valence-corrected chi connectivity index (χ0v) is 62.1. The summed E-state index contributed by atoms with van der Waals surface area (Å²) in [4.78, 5) is 33.6. The van der Waals surface area contributed by atoms with Crippen molar-refractivity contribution in [3.05, 3.63) is 366 Å². The first-order chi connectivity index (χ1) is 52.5. The van der Waals surface area contributed by atoms with Gasteiger partial charge in [0.1, 0.15) is 39.0 Å². The molecule has 0 aliphatic rings. The van der Waals surface area contributed by atoms with Crippen LogP contribution in [0.3, 0.4) is 0 Å². The summed E-state index contributed by atoms with van der Waals surface area (Å²) >= 11 is 3.25. The smallest absolute Gasteiger partial charge is 0.159 e. The van der Waals surface area contributed by atoms with Gasteiger partial charge in [-0.05, 0) is 230 Å². The van der Waals surface area contributed by atoms with Gasteiger partial charge in [0.05, 0.1) is 58.0 Å². The highest BCUT2D eigenvalue weighted by atomic mass is 32.1. The van der Waals surface area contributed by atoms with E-state index >= 15 is 0 Å². The number of methoxy groups -OCH3 is 1. The van der Waals surface area contributed by atoms with Crippen LogP contribution in [0.25, 0.3) is 104 Å². The number of pyridine rings is 1. The fraction of sp³-hybridized carbons (Fsp3) is 0.118. The average Bonchev–Trinajstić information content (AvgIpc) is 1.81. The van der Waals surface area contributed by atoms with Crippen molar-refractivity contribution >= 4 is 22.7 Å². The quantitative estimate of drug-likeness (QED) is 0.114. The molecule has 0 unspecified atom stereocenters. The molecular weight excluding hydrogens is 1430 g/mol. The molecule has 0 bridgehead atoms. The van der Waals surface area contributed by atoms with Crippen molar-refractivity contribution in [3.63, 3.8) is 0 Å². The molecule has 6 heterocycles. The molecule has 16 rings (SSSR count). The van der Waals surface area contributed by atoms with Gasteiger partial charge in [0, 0.05) is 59.4 Å². The summed E-state index contributed by atoms with van der Waals surface area (Å²) < 4.78 is 57.6. The highest BCUT2D eigenvalue weighted by Crippen LogP contribution is 2.38. The standard InChI is InChI=1S/C18H15N.C17H14FNOS.C16H12FNS.C16H12N4.C12H11FN2.C11H9FN2.3CH4/c1-14-12-16(17-8-5-11-19-13-17)9-10-18(14)15-6-3-2-4-7-15;1-11-16(12-3-7-14(18)8-4-12)21-17(19-11)13-5-9-15(20-2)10-6-13;1-11-15(12-7-9-14(17)10-8-12)19-16(18-11)13-5-3-2-4-6-13;1-12-9-15(14-4-2-3-13(10-14)11-17)5-6-16(12)20-18-7-8-19-20;1-8-4-5-10(9(2)11(8)13)12-14-6-3-7-15-12;1-8-7-9(12)3-4-10(8)11-13-5-2-6-14-11;;;/h2-13H,1H3;3-10H,1-2H3;2-10H,1H3;2-10H,1H3;3-7H,1-2H3;2-7H,1H3;3*1H4. The topological polar surface area (TPSA) is 154 Å². The maximum atomic E-state index is 13.6. The Hall–Kier alpha value is -13.1. The molecule has 111 heavy (non-hydrogen) atoms. The van der Waals surface area contributed by atoms with Gasteiger partial charge in [0.25, 0.3) is 0 Å². The Morgan fingerprint density at radius 2 is 0.820 bits per heavy atom. The van der Waals surface area contributed by atoms with E-state index in [9.17, 15) is 17.6 Å². The number of halogens is 4. The van der Waals surface area contributed by atoms with Gasteiger partial charge in [-0.2, -0.15) is 20.3 Å². The van der Waals surface area contributed by atoms with E-state index in [1.165, 1.54) is 58.7 Å². The molecule has 0 radical (unpaired) electrons. The predicted molar refractivity (Wildman–Crippen MR) is 447 cm³/mol. The van der Waals surface area contributed by atoms with Gasteiger partial charge in [-0.3, -0.25) is 4.98 Å². The summed E-state index contributed by atoms with van der Waals surface area (Å²) in [6.07, 6.45) is 13.7. The van der Waals surface area contributed by atoms with E-state index in [4.69, 9.17) is 10.00 Å². The van der Waals surface area contributed by atoms with Crippen LogP contribution in [0.4, 0.5) is 17.6 Å². The highest BCUT2D eigenvalue weighted by Gasteiger charge is 2.15.